The number of hydrogen-bond donors (Lipinski definition) is 1. The molecule has 18 heavy (non-hydrogen) atoms. The molecule has 2 aliphatic rings. The van der Waals surface area contributed by atoms with Crippen molar-refractivity contribution in [1.29, 1.82) is 0 Å². The molecule has 1 aromatic heterocycles. The first-order valence-corrected chi connectivity index (χ1v) is 7.56. The fourth-order valence-corrected chi connectivity index (χ4v) is 3.41. The number of rotatable bonds is 5. The van der Waals surface area contributed by atoms with Crippen LogP contribution in [0.15, 0.2) is 0 Å². The lowest BCUT2D eigenvalue weighted by molar-refractivity contribution is 0.374. The van der Waals surface area contributed by atoms with Crippen LogP contribution in [0.1, 0.15) is 56.7 Å². The lowest BCUT2D eigenvalue weighted by atomic mass is 10.00. The van der Waals surface area contributed by atoms with Gasteiger partial charge in [0.25, 0.3) is 0 Å². The number of aryl methyl sites for hydroxylation is 1. The molecule has 2 heterocycles. The van der Waals surface area contributed by atoms with Crippen LogP contribution in [-0.4, -0.2) is 16.1 Å². The van der Waals surface area contributed by atoms with Crippen LogP contribution in [0.5, 0.6) is 0 Å². The lowest BCUT2D eigenvalue weighted by Crippen LogP contribution is -2.26. The fourth-order valence-electron chi connectivity index (χ4n) is 3.41. The molecule has 1 aliphatic heterocycles. The molecule has 1 fully saturated rings. The van der Waals surface area contributed by atoms with Gasteiger partial charge in [-0.15, -0.1) is 0 Å². The van der Waals surface area contributed by atoms with Crippen LogP contribution in [0.3, 0.4) is 0 Å². The average Bonchev–Trinajstić information content (AvgIpc) is 3.05. The Kier molecular flexibility index (Phi) is 3.18. The monoisotopic (exact) mass is 247 g/mol. The van der Waals surface area contributed by atoms with Crippen molar-refractivity contribution in [3.63, 3.8) is 0 Å². The second kappa shape index (κ2) is 4.69. The Balaban J connectivity index is 1.88. The van der Waals surface area contributed by atoms with Gasteiger partial charge in [0.15, 0.2) is 0 Å². The highest BCUT2D eigenvalue weighted by molar-refractivity contribution is 5.21. The van der Waals surface area contributed by atoms with E-state index in [0.29, 0.717) is 5.41 Å². The van der Waals surface area contributed by atoms with Gasteiger partial charge in [-0.2, -0.15) is 0 Å². The highest BCUT2D eigenvalue weighted by Crippen LogP contribution is 2.51. The number of hydrogen-bond acceptors (Lipinski definition) is 2. The third-order valence-electron chi connectivity index (χ3n) is 4.61. The van der Waals surface area contributed by atoms with E-state index in [-0.39, 0.29) is 0 Å². The molecule has 100 valence electrons. The molecule has 1 saturated carbocycles. The van der Waals surface area contributed by atoms with Crippen molar-refractivity contribution in [3.05, 3.63) is 17.2 Å². The Morgan fingerprint density at radius 2 is 2.17 bits per heavy atom. The first-order valence-electron chi connectivity index (χ1n) is 7.56. The van der Waals surface area contributed by atoms with Crippen molar-refractivity contribution in [3.8, 4) is 0 Å². The molecule has 0 unspecified atom stereocenters. The van der Waals surface area contributed by atoms with Crippen molar-refractivity contribution < 1.29 is 0 Å². The summed E-state index contributed by atoms with van der Waals surface area (Å²) >= 11 is 0. The normalized spacial score (nSPS) is 20.8. The molecule has 0 spiro atoms. The predicted molar refractivity (Wildman–Crippen MR) is 73.6 cm³/mol. The quantitative estimate of drug-likeness (QED) is 0.867. The third kappa shape index (κ3) is 2.09. The van der Waals surface area contributed by atoms with Crippen LogP contribution in [0.4, 0.5) is 0 Å². The summed E-state index contributed by atoms with van der Waals surface area (Å²) in [4.78, 5) is 4.84. The second-order valence-corrected chi connectivity index (χ2v) is 6.04. The zero-order valence-electron chi connectivity index (χ0n) is 11.8. The molecule has 1 aliphatic carbocycles. The summed E-state index contributed by atoms with van der Waals surface area (Å²) in [5.41, 5.74) is 3.45. The Morgan fingerprint density at radius 3 is 2.83 bits per heavy atom. The highest BCUT2D eigenvalue weighted by Gasteiger charge is 2.42. The van der Waals surface area contributed by atoms with E-state index in [4.69, 9.17) is 4.98 Å². The minimum absolute atomic E-state index is 0.623. The van der Waals surface area contributed by atoms with Crippen molar-refractivity contribution >= 4 is 0 Å². The molecule has 1 aromatic rings. The van der Waals surface area contributed by atoms with E-state index in [1.54, 1.807) is 0 Å². The van der Waals surface area contributed by atoms with E-state index < -0.39 is 0 Å². The van der Waals surface area contributed by atoms with Crippen LogP contribution in [0.25, 0.3) is 0 Å². The largest absolute Gasteiger partial charge is 0.331 e. The number of nitrogens with zero attached hydrogens (tertiary/aromatic N) is 2. The Morgan fingerprint density at radius 1 is 1.33 bits per heavy atom. The molecule has 3 rings (SSSR count). The molecule has 3 nitrogen and oxygen atoms in total. The fraction of sp³-hybridized carbons (Fsp3) is 0.800. The molecule has 0 saturated heterocycles. The minimum atomic E-state index is 0.623. The average molecular weight is 247 g/mol. The second-order valence-electron chi connectivity index (χ2n) is 6.04. The zero-order chi connectivity index (χ0) is 12.6. The smallest absolute Gasteiger partial charge is 0.108 e. The number of imidazole rings is 1. The van der Waals surface area contributed by atoms with Crippen LogP contribution < -0.4 is 5.32 Å². The molecule has 3 heteroatoms. The number of nitrogens with one attached hydrogen (secondary N) is 1. The standard InChI is InChI=1S/C15H25N3/c1-3-6-15(7-8-15)11-18-13-5-9-16-10-12(13)17-14(18)4-2/h16H,3-11H2,1-2H3. The van der Waals surface area contributed by atoms with Crippen LogP contribution in [0, 0.1) is 5.41 Å². The van der Waals surface area contributed by atoms with Crippen LogP contribution in [-0.2, 0) is 25.9 Å². The van der Waals surface area contributed by atoms with Crippen molar-refractivity contribution in [1.82, 2.24) is 14.9 Å². The molecular formula is C15H25N3. The summed E-state index contributed by atoms with van der Waals surface area (Å²) in [5.74, 6) is 1.31. The van der Waals surface area contributed by atoms with Gasteiger partial charge in [-0.05, 0) is 24.7 Å². The van der Waals surface area contributed by atoms with Crippen LogP contribution >= 0.6 is 0 Å². The van der Waals surface area contributed by atoms with Gasteiger partial charge in [-0.1, -0.05) is 20.3 Å². The molecule has 0 radical (unpaired) electrons. The van der Waals surface area contributed by atoms with Crippen molar-refractivity contribution in [2.45, 2.75) is 65.5 Å². The summed E-state index contributed by atoms with van der Waals surface area (Å²) in [6, 6.07) is 0. The summed E-state index contributed by atoms with van der Waals surface area (Å²) in [5, 5.41) is 3.43. The molecule has 0 aromatic carbocycles. The first kappa shape index (κ1) is 12.2. The van der Waals surface area contributed by atoms with Crippen molar-refractivity contribution in [2.75, 3.05) is 6.54 Å². The van der Waals surface area contributed by atoms with Crippen LogP contribution in [0.2, 0.25) is 0 Å². The number of aromatic nitrogens is 2. The van der Waals surface area contributed by atoms with Gasteiger partial charge in [-0.3, -0.25) is 0 Å². The maximum absolute atomic E-state index is 4.84. The van der Waals surface area contributed by atoms with E-state index in [1.807, 2.05) is 0 Å². The van der Waals surface area contributed by atoms with E-state index >= 15 is 0 Å². The van der Waals surface area contributed by atoms with Gasteiger partial charge in [0, 0.05) is 38.2 Å². The van der Waals surface area contributed by atoms with E-state index in [0.717, 1.165) is 25.9 Å². The van der Waals surface area contributed by atoms with Gasteiger partial charge < -0.3 is 9.88 Å². The first-order chi connectivity index (χ1) is 8.78. The Bertz CT molecular complexity index is 429. The minimum Gasteiger partial charge on any atom is -0.331 e. The van der Waals surface area contributed by atoms with E-state index in [9.17, 15) is 0 Å². The Hall–Kier alpha value is -0.830. The predicted octanol–water partition coefficient (Wildman–Crippen LogP) is 2.67. The maximum Gasteiger partial charge on any atom is 0.108 e. The van der Waals surface area contributed by atoms with Gasteiger partial charge >= 0.3 is 0 Å². The number of fused-ring (bicyclic) bond motifs is 1. The molecule has 1 N–H and O–H groups in total. The zero-order valence-corrected chi connectivity index (χ0v) is 11.8. The molecular weight excluding hydrogens is 222 g/mol. The molecule has 0 bridgehead atoms. The third-order valence-corrected chi connectivity index (χ3v) is 4.61. The van der Waals surface area contributed by atoms with Gasteiger partial charge in [-0.25, -0.2) is 4.98 Å². The van der Waals surface area contributed by atoms with E-state index in [1.165, 1.54) is 49.4 Å². The molecule has 0 atom stereocenters. The Labute approximate surface area is 110 Å². The summed E-state index contributed by atoms with van der Waals surface area (Å²) in [6.07, 6.45) is 7.78. The lowest BCUT2D eigenvalue weighted by Gasteiger charge is -2.21. The highest BCUT2D eigenvalue weighted by atomic mass is 15.1. The topological polar surface area (TPSA) is 29.9 Å². The summed E-state index contributed by atoms with van der Waals surface area (Å²) < 4.78 is 2.57. The van der Waals surface area contributed by atoms with Gasteiger partial charge in [0.2, 0.25) is 0 Å². The van der Waals surface area contributed by atoms with Crippen molar-refractivity contribution in [2.24, 2.45) is 5.41 Å². The van der Waals surface area contributed by atoms with E-state index in [2.05, 4.69) is 23.7 Å². The molecule has 0 amide bonds. The van der Waals surface area contributed by atoms with Gasteiger partial charge in [0.05, 0.1) is 5.69 Å². The van der Waals surface area contributed by atoms with Gasteiger partial charge in [0.1, 0.15) is 5.82 Å². The summed E-state index contributed by atoms with van der Waals surface area (Å²) in [6.45, 7) is 7.86. The SMILES string of the molecule is CCCC1(Cn2c(CC)nc3c2CCNC3)CC1. The maximum atomic E-state index is 4.84. The summed E-state index contributed by atoms with van der Waals surface area (Å²) in [7, 11) is 0.